The first kappa shape index (κ1) is 21.4. The lowest BCUT2D eigenvalue weighted by Gasteiger charge is -2.36. The Morgan fingerprint density at radius 2 is 1.76 bits per heavy atom. The van der Waals surface area contributed by atoms with Gasteiger partial charge in [-0.05, 0) is 42.7 Å². The van der Waals surface area contributed by atoms with Crippen LogP contribution in [0.3, 0.4) is 0 Å². The highest BCUT2D eigenvalue weighted by molar-refractivity contribution is 5.45. The molecule has 29 heavy (non-hydrogen) atoms. The van der Waals surface area contributed by atoms with Crippen LogP contribution in [-0.4, -0.2) is 58.3 Å². The van der Waals surface area contributed by atoms with Crippen molar-refractivity contribution in [2.75, 3.05) is 47.1 Å². The maximum atomic E-state index is 10.3. The summed E-state index contributed by atoms with van der Waals surface area (Å²) in [5, 5.41) is 12.5. The third-order valence-corrected chi connectivity index (χ3v) is 5.61. The third kappa shape index (κ3) is 5.63. The average molecular weight is 403 g/mol. The van der Waals surface area contributed by atoms with Crippen molar-refractivity contribution in [2.24, 2.45) is 0 Å². The molecule has 1 heterocycles. The van der Waals surface area contributed by atoms with Crippen LogP contribution in [0, 0.1) is 0 Å². The average Bonchev–Trinajstić information content (AvgIpc) is 2.78. The molecular formula is C23H32NO5+. The van der Waals surface area contributed by atoms with E-state index in [4.69, 9.17) is 18.9 Å². The summed E-state index contributed by atoms with van der Waals surface area (Å²) in [6, 6.07) is 15.7. The smallest absolute Gasteiger partial charge is 0.161 e. The molecule has 1 saturated heterocycles. The van der Waals surface area contributed by atoms with Crippen molar-refractivity contribution in [3.8, 4) is 17.2 Å². The molecule has 0 radical (unpaired) electrons. The van der Waals surface area contributed by atoms with Crippen LogP contribution in [0.25, 0.3) is 0 Å². The van der Waals surface area contributed by atoms with E-state index in [0.29, 0.717) is 6.54 Å². The van der Waals surface area contributed by atoms with Crippen molar-refractivity contribution in [2.45, 2.75) is 24.4 Å². The van der Waals surface area contributed by atoms with Crippen LogP contribution in [-0.2, 0) is 10.2 Å². The Morgan fingerprint density at radius 1 is 1.03 bits per heavy atom. The number of hydrogen-bond acceptors (Lipinski definition) is 5. The van der Waals surface area contributed by atoms with Crippen LogP contribution in [0.4, 0.5) is 0 Å². The molecule has 3 N–H and O–H groups in total. The van der Waals surface area contributed by atoms with Gasteiger partial charge in [-0.15, -0.1) is 0 Å². The lowest BCUT2D eigenvalue weighted by Crippen LogP contribution is -2.90. The van der Waals surface area contributed by atoms with Crippen LogP contribution in [0.1, 0.15) is 18.4 Å². The summed E-state index contributed by atoms with van der Waals surface area (Å²) in [7, 11) is 3.31. The Kier molecular flexibility index (Phi) is 7.75. The molecule has 158 valence electrons. The summed E-state index contributed by atoms with van der Waals surface area (Å²) in [5.74, 6) is 2.25. The topological polar surface area (TPSA) is 73.8 Å². The maximum absolute atomic E-state index is 10.3. The van der Waals surface area contributed by atoms with Gasteiger partial charge < -0.3 is 29.4 Å². The highest BCUT2D eigenvalue weighted by Crippen LogP contribution is 2.38. The first-order chi connectivity index (χ1) is 14.2. The quantitative estimate of drug-likeness (QED) is 0.634. The van der Waals surface area contributed by atoms with Crippen LogP contribution in [0.2, 0.25) is 0 Å². The molecule has 6 nitrogen and oxygen atoms in total. The van der Waals surface area contributed by atoms with Gasteiger partial charge in [0.25, 0.3) is 0 Å². The number of quaternary nitrogens is 1. The lowest BCUT2D eigenvalue weighted by molar-refractivity contribution is -0.669. The number of benzene rings is 2. The molecule has 1 atom stereocenters. The fourth-order valence-electron chi connectivity index (χ4n) is 3.87. The number of aliphatic hydroxyl groups is 1. The summed E-state index contributed by atoms with van der Waals surface area (Å²) in [5.41, 5.74) is 1.21. The van der Waals surface area contributed by atoms with Crippen molar-refractivity contribution >= 4 is 0 Å². The second-order valence-corrected chi connectivity index (χ2v) is 7.47. The molecular weight excluding hydrogens is 370 g/mol. The molecule has 6 heteroatoms. The van der Waals surface area contributed by atoms with Gasteiger partial charge in [-0.2, -0.15) is 0 Å². The summed E-state index contributed by atoms with van der Waals surface area (Å²) in [6.07, 6.45) is 1.35. The van der Waals surface area contributed by atoms with Crippen LogP contribution < -0.4 is 19.5 Å². The standard InChI is InChI=1S/C23H31NO5/c1-26-21-9-8-18(14-22(21)27-2)23(10-12-28-13-11-23)17-24-15-19(25)16-29-20-6-4-3-5-7-20/h3-9,14,19,24-25H,10-13,15-17H2,1-2H3/p+1/t19-/m0/s1. The number of nitrogens with two attached hydrogens (primary N) is 1. The Hall–Kier alpha value is -2.28. The van der Waals surface area contributed by atoms with Crippen molar-refractivity contribution in [3.05, 3.63) is 54.1 Å². The Morgan fingerprint density at radius 3 is 2.45 bits per heavy atom. The summed E-state index contributed by atoms with van der Waals surface area (Å²) < 4.78 is 22.2. The second kappa shape index (κ2) is 10.5. The number of ether oxygens (including phenoxy) is 4. The molecule has 3 rings (SSSR count). The van der Waals surface area contributed by atoms with Gasteiger partial charge in [0.2, 0.25) is 0 Å². The van der Waals surface area contributed by atoms with E-state index in [-0.39, 0.29) is 12.0 Å². The summed E-state index contributed by atoms with van der Waals surface area (Å²) in [6.45, 7) is 3.22. The summed E-state index contributed by atoms with van der Waals surface area (Å²) in [4.78, 5) is 0. The van der Waals surface area contributed by atoms with E-state index in [9.17, 15) is 5.11 Å². The van der Waals surface area contributed by atoms with Gasteiger partial charge in [-0.1, -0.05) is 24.3 Å². The van der Waals surface area contributed by atoms with Crippen LogP contribution >= 0.6 is 0 Å². The minimum Gasteiger partial charge on any atom is -0.493 e. The molecule has 0 saturated carbocycles. The molecule has 0 aliphatic carbocycles. The molecule has 0 aromatic heterocycles. The highest BCUT2D eigenvalue weighted by atomic mass is 16.5. The first-order valence-corrected chi connectivity index (χ1v) is 10.1. The minimum atomic E-state index is -0.530. The van der Waals surface area contributed by atoms with Crippen molar-refractivity contribution in [1.29, 1.82) is 0 Å². The van der Waals surface area contributed by atoms with Crippen molar-refractivity contribution in [3.63, 3.8) is 0 Å². The van der Waals surface area contributed by atoms with Crippen molar-refractivity contribution in [1.82, 2.24) is 0 Å². The van der Waals surface area contributed by atoms with Gasteiger partial charge >= 0.3 is 0 Å². The number of aliphatic hydroxyl groups excluding tert-OH is 1. The second-order valence-electron chi connectivity index (χ2n) is 7.47. The number of rotatable bonds is 10. The molecule has 0 unspecified atom stereocenters. The third-order valence-electron chi connectivity index (χ3n) is 5.61. The summed E-state index contributed by atoms with van der Waals surface area (Å²) >= 11 is 0. The van der Waals surface area contributed by atoms with Crippen LogP contribution in [0.5, 0.6) is 17.2 Å². The predicted octanol–water partition coefficient (Wildman–Crippen LogP) is 1.76. The molecule has 2 aromatic carbocycles. The maximum Gasteiger partial charge on any atom is 0.161 e. The van der Waals surface area contributed by atoms with Gasteiger partial charge in [0.05, 0.1) is 20.8 Å². The number of methoxy groups -OCH3 is 2. The lowest BCUT2D eigenvalue weighted by atomic mass is 9.74. The van der Waals surface area contributed by atoms with E-state index in [1.54, 1.807) is 14.2 Å². The minimum absolute atomic E-state index is 0.0161. The van der Waals surface area contributed by atoms with E-state index >= 15 is 0 Å². The Labute approximate surface area is 172 Å². The molecule has 0 bridgehead atoms. The fraction of sp³-hybridized carbons (Fsp3) is 0.478. The molecule has 2 aromatic rings. The van der Waals surface area contributed by atoms with E-state index < -0.39 is 6.10 Å². The van der Waals surface area contributed by atoms with Crippen LogP contribution in [0.15, 0.2) is 48.5 Å². The molecule has 1 aliphatic rings. The number of para-hydroxylation sites is 1. The van der Waals surface area contributed by atoms with Gasteiger partial charge in [0.15, 0.2) is 11.5 Å². The predicted molar refractivity (Wildman–Crippen MR) is 111 cm³/mol. The van der Waals surface area contributed by atoms with Gasteiger partial charge in [0.1, 0.15) is 25.0 Å². The van der Waals surface area contributed by atoms with E-state index in [0.717, 1.165) is 49.8 Å². The van der Waals surface area contributed by atoms with E-state index in [2.05, 4.69) is 17.4 Å². The highest BCUT2D eigenvalue weighted by Gasteiger charge is 2.37. The van der Waals surface area contributed by atoms with E-state index in [1.165, 1.54) is 5.56 Å². The normalized spacial score (nSPS) is 16.8. The van der Waals surface area contributed by atoms with Crippen molar-refractivity contribution < 1.29 is 29.4 Å². The molecule has 1 aliphatic heterocycles. The SMILES string of the molecule is COc1ccc(C2(C[NH2+]C[C@H](O)COc3ccccc3)CCOCC2)cc1OC. The number of hydrogen-bond donors (Lipinski definition) is 2. The molecule has 0 amide bonds. The Bertz CT molecular complexity index is 746. The molecule has 1 fully saturated rings. The monoisotopic (exact) mass is 402 g/mol. The van der Waals surface area contributed by atoms with E-state index in [1.807, 2.05) is 36.4 Å². The van der Waals surface area contributed by atoms with Gasteiger partial charge in [0, 0.05) is 18.6 Å². The zero-order valence-electron chi connectivity index (χ0n) is 17.3. The van der Waals surface area contributed by atoms with Gasteiger partial charge in [-0.25, -0.2) is 0 Å². The fourth-order valence-corrected chi connectivity index (χ4v) is 3.87. The largest absolute Gasteiger partial charge is 0.493 e. The Balaban J connectivity index is 1.60. The molecule has 0 spiro atoms. The zero-order chi connectivity index (χ0) is 20.5. The zero-order valence-corrected chi connectivity index (χ0v) is 17.3. The van der Waals surface area contributed by atoms with Gasteiger partial charge in [-0.3, -0.25) is 0 Å². The first-order valence-electron chi connectivity index (χ1n) is 10.1.